The maximum absolute atomic E-state index is 12.1. The SMILES string of the molecule is O=[N+]([O-])c1cccc(NC2CS(=O)(=O)c3ccccc32)c1. The third-order valence-corrected chi connectivity index (χ3v) is 5.23. The van der Waals surface area contributed by atoms with Crippen molar-refractivity contribution < 1.29 is 13.3 Å². The molecule has 0 spiro atoms. The zero-order valence-electron chi connectivity index (χ0n) is 10.9. The van der Waals surface area contributed by atoms with Gasteiger partial charge in [0.1, 0.15) is 0 Å². The van der Waals surface area contributed by atoms with Crippen molar-refractivity contribution in [1.82, 2.24) is 0 Å². The Balaban J connectivity index is 1.94. The fourth-order valence-corrected chi connectivity index (χ4v) is 4.22. The molecule has 3 rings (SSSR count). The van der Waals surface area contributed by atoms with Crippen molar-refractivity contribution in [3.05, 3.63) is 64.2 Å². The van der Waals surface area contributed by atoms with E-state index >= 15 is 0 Å². The number of sulfone groups is 1. The quantitative estimate of drug-likeness (QED) is 0.695. The number of nitro benzene ring substituents is 1. The molecule has 1 aliphatic rings. The highest BCUT2D eigenvalue weighted by Gasteiger charge is 2.34. The number of rotatable bonds is 3. The molecule has 6 nitrogen and oxygen atoms in total. The van der Waals surface area contributed by atoms with Crippen LogP contribution >= 0.6 is 0 Å². The van der Waals surface area contributed by atoms with E-state index in [1.54, 1.807) is 36.4 Å². The molecule has 1 atom stereocenters. The first kappa shape index (κ1) is 13.6. The molecule has 0 bridgehead atoms. The molecular weight excluding hydrogens is 292 g/mol. The predicted molar refractivity (Wildman–Crippen MR) is 78.0 cm³/mol. The molecule has 1 N–H and O–H groups in total. The van der Waals surface area contributed by atoms with Crippen molar-refractivity contribution in [3.63, 3.8) is 0 Å². The van der Waals surface area contributed by atoms with Crippen LogP contribution < -0.4 is 5.32 Å². The van der Waals surface area contributed by atoms with Crippen LogP contribution in [0.4, 0.5) is 11.4 Å². The number of benzene rings is 2. The second kappa shape index (κ2) is 4.85. The Morgan fingerprint density at radius 3 is 2.67 bits per heavy atom. The number of nitro groups is 1. The van der Waals surface area contributed by atoms with Crippen LogP contribution in [0.3, 0.4) is 0 Å². The van der Waals surface area contributed by atoms with Crippen molar-refractivity contribution in [2.75, 3.05) is 11.1 Å². The molecule has 0 radical (unpaired) electrons. The lowest BCUT2D eigenvalue weighted by Gasteiger charge is -2.13. The largest absolute Gasteiger partial charge is 0.377 e. The Hall–Kier alpha value is -2.41. The van der Waals surface area contributed by atoms with Gasteiger partial charge in [-0.25, -0.2) is 8.42 Å². The Morgan fingerprint density at radius 1 is 1.14 bits per heavy atom. The van der Waals surface area contributed by atoms with E-state index in [-0.39, 0.29) is 11.4 Å². The fourth-order valence-electron chi connectivity index (χ4n) is 2.48. The number of anilines is 1. The second-order valence-electron chi connectivity index (χ2n) is 4.82. The van der Waals surface area contributed by atoms with Gasteiger partial charge in [-0.3, -0.25) is 10.1 Å². The maximum Gasteiger partial charge on any atom is 0.271 e. The fraction of sp³-hybridized carbons (Fsp3) is 0.143. The highest BCUT2D eigenvalue weighted by atomic mass is 32.2. The molecule has 2 aromatic carbocycles. The normalized spacial score (nSPS) is 19.0. The average Bonchev–Trinajstić information content (AvgIpc) is 2.71. The Bertz CT molecular complexity index is 817. The van der Waals surface area contributed by atoms with Crippen LogP contribution in [0.15, 0.2) is 53.4 Å². The molecule has 0 aromatic heterocycles. The molecule has 0 saturated heterocycles. The molecule has 0 amide bonds. The number of fused-ring (bicyclic) bond motifs is 1. The van der Waals surface area contributed by atoms with Gasteiger partial charge in [0.25, 0.3) is 5.69 Å². The lowest BCUT2D eigenvalue weighted by molar-refractivity contribution is -0.384. The first-order chi connectivity index (χ1) is 9.97. The van der Waals surface area contributed by atoms with Crippen LogP contribution in [0.1, 0.15) is 11.6 Å². The highest BCUT2D eigenvalue weighted by molar-refractivity contribution is 7.91. The summed E-state index contributed by atoms with van der Waals surface area (Å²) in [6, 6.07) is 12.4. The summed E-state index contributed by atoms with van der Waals surface area (Å²) in [6.45, 7) is 0. The smallest absolute Gasteiger partial charge is 0.271 e. The van der Waals surface area contributed by atoms with Gasteiger partial charge in [-0.2, -0.15) is 0 Å². The molecule has 1 aliphatic heterocycles. The molecule has 1 heterocycles. The zero-order chi connectivity index (χ0) is 15.0. The standard InChI is InChI=1S/C14H12N2O4S/c17-16(18)11-5-3-4-10(8-11)15-13-9-21(19,20)14-7-2-1-6-12(13)14/h1-8,13,15H,9H2. The first-order valence-corrected chi connectivity index (χ1v) is 7.95. The van der Waals surface area contributed by atoms with Gasteiger partial charge in [0, 0.05) is 17.8 Å². The van der Waals surface area contributed by atoms with Crippen molar-refractivity contribution in [3.8, 4) is 0 Å². The van der Waals surface area contributed by atoms with Crippen LogP contribution in [0.25, 0.3) is 0 Å². The van der Waals surface area contributed by atoms with E-state index < -0.39 is 20.8 Å². The van der Waals surface area contributed by atoms with Gasteiger partial charge >= 0.3 is 0 Å². The molecule has 2 aromatic rings. The zero-order valence-corrected chi connectivity index (χ0v) is 11.7. The highest BCUT2D eigenvalue weighted by Crippen LogP contribution is 2.35. The Morgan fingerprint density at radius 2 is 1.90 bits per heavy atom. The predicted octanol–water partition coefficient (Wildman–Crippen LogP) is 2.54. The van der Waals surface area contributed by atoms with E-state index in [0.29, 0.717) is 16.1 Å². The number of nitrogens with zero attached hydrogens (tertiary/aromatic N) is 1. The summed E-state index contributed by atoms with van der Waals surface area (Å²) >= 11 is 0. The average molecular weight is 304 g/mol. The molecule has 7 heteroatoms. The van der Waals surface area contributed by atoms with Crippen molar-refractivity contribution >= 4 is 21.2 Å². The topological polar surface area (TPSA) is 89.3 Å². The van der Waals surface area contributed by atoms with E-state index in [1.165, 1.54) is 12.1 Å². The van der Waals surface area contributed by atoms with E-state index in [9.17, 15) is 18.5 Å². The maximum atomic E-state index is 12.1. The number of nitrogens with one attached hydrogen (secondary N) is 1. The summed E-state index contributed by atoms with van der Waals surface area (Å²) in [5.41, 5.74) is 1.19. The number of hydrogen-bond donors (Lipinski definition) is 1. The summed E-state index contributed by atoms with van der Waals surface area (Å²) in [5.74, 6) is -0.0466. The molecule has 0 aliphatic carbocycles. The summed E-state index contributed by atoms with van der Waals surface area (Å²) < 4.78 is 24.2. The van der Waals surface area contributed by atoms with Gasteiger partial charge in [0.2, 0.25) is 0 Å². The summed E-state index contributed by atoms with van der Waals surface area (Å²) in [5, 5.41) is 13.8. The first-order valence-electron chi connectivity index (χ1n) is 6.30. The van der Waals surface area contributed by atoms with Crippen LogP contribution in [-0.4, -0.2) is 19.1 Å². The van der Waals surface area contributed by atoms with E-state index in [0.717, 1.165) is 0 Å². The third-order valence-electron chi connectivity index (χ3n) is 3.41. The molecule has 108 valence electrons. The number of non-ortho nitro benzene ring substituents is 1. The Kier molecular flexibility index (Phi) is 3.13. The van der Waals surface area contributed by atoms with Crippen LogP contribution in [-0.2, 0) is 9.84 Å². The molecule has 1 unspecified atom stereocenters. The van der Waals surface area contributed by atoms with Crippen LogP contribution in [0, 0.1) is 10.1 Å². The monoisotopic (exact) mass is 304 g/mol. The van der Waals surface area contributed by atoms with Gasteiger partial charge in [0.05, 0.1) is 21.6 Å². The van der Waals surface area contributed by atoms with Gasteiger partial charge in [-0.1, -0.05) is 24.3 Å². The van der Waals surface area contributed by atoms with E-state index in [1.807, 2.05) is 0 Å². The summed E-state index contributed by atoms with van der Waals surface area (Å²) in [4.78, 5) is 10.6. The molecular formula is C14H12N2O4S. The van der Waals surface area contributed by atoms with E-state index in [2.05, 4.69) is 5.32 Å². The van der Waals surface area contributed by atoms with Crippen molar-refractivity contribution in [2.24, 2.45) is 0 Å². The lowest BCUT2D eigenvalue weighted by Crippen LogP contribution is -2.12. The van der Waals surface area contributed by atoms with Crippen LogP contribution in [0.5, 0.6) is 0 Å². The minimum Gasteiger partial charge on any atom is -0.377 e. The second-order valence-corrected chi connectivity index (χ2v) is 6.83. The van der Waals surface area contributed by atoms with Gasteiger partial charge < -0.3 is 5.32 Å². The summed E-state index contributed by atoms with van der Waals surface area (Å²) in [7, 11) is -3.30. The molecule has 0 fully saturated rings. The summed E-state index contributed by atoms with van der Waals surface area (Å²) in [6.07, 6.45) is 0. The minimum atomic E-state index is -3.30. The lowest BCUT2D eigenvalue weighted by atomic mass is 10.1. The van der Waals surface area contributed by atoms with Gasteiger partial charge in [-0.05, 0) is 17.7 Å². The molecule has 0 saturated carbocycles. The Labute approximate surface area is 121 Å². The van der Waals surface area contributed by atoms with Crippen molar-refractivity contribution in [1.29, 1.82) is 0 Å². The van der Waals surface area contributed by atoms with Gasteiger partial charge in [-0.15, -0.1) is 0 Å². The van der Waals surface area contributed by atoms with Crippen molar-refractivity contribution in [2.45, 2.75) is 10.9 Å². The number of hydrogen-bond acceptors (Lipinski definition) is 5. The van der Waals surface area contributed by atoms with Gasteiger partial charge in [0.15, 0.2) is 9.84 Å². The van der Waals surface area contributed by atoms with Crippen LogP contribution in [0.2, 0.25) is 0 Å². The minimum absolute atomic E-state index is 0.0332. The van der Waals surface area contributed by atoms with E-state index in [4.69, 9.17) is 0 Å². The third kappa shape index (κ3) is 2.47. The molecule has 21 heavy (non-hydrogen) atoms.